The molecule has 2 N–H and O–H groups in total. The molecule has 0 amide bonds. The van der Waals surface area contributed by atoms with Crippen molar-refractivity contribution in [3.8, 4) is 0 Å². The van der Waals surface area contributed by atoms with E-state index in [0.717, 1.165) is 44.1 Å². The van der Waals surface area contributed by atoms with Crippen LogP contribution in [0.25, 0.3) is 0 Å². The summed E-state index contributed by atoms with van der Waals surface area (Å²) in [5.74, 6) is 0.607. The predicted octanol–water partition coefficient (Wildman–Crippen LogP) is 2.41. The zero-order valence-corrected chi connectivity index (χ0v) is 17.3. The molecule has 6 nitrogen and oxygen atoms in total. The van der Waals surface area contributed by atoms with E-state index in [4.69, 9.17) is 9.15 Å². The Morgan fingerprint density at radius 1 is 1.10 bits per heavy atom. The number of hydrogen-bond acceptors (Lipinski definition) is 6. The van der Waals surface area contributed by atoms with Crippen LogP contribution in [0.1, 0.15) is 63.4 Å². The summed E-state index contributed by atoms with van der Waals surface area (Å²) in [5, 5.41) is 21.5. The van der Waals surface area contributed by atoms with E-state index in [-0.39, 0.29) is 52.3 Å². The Morgan fingerprint density at radius 3 is 2.67 bits per heavy atom. The lowest BCUT2D eigenvalue weighted by molar-refractivity contribution is -0.159. The Bertz CT molecular complexity index is 921. The summed E-state index contributed by atoms with van der Waals surface area (Å²) in [5.41, 5.74) is -0.562. The van der Waals surface area contributed by atoms with Crippen molar-refractivity contribution in [2.24, 2.45) is 28.6 Å². The van der Waals surface area contributed by atoms with Gasteiger partial charge in [-0.3, -0.25) is 0 Å². The van der Waals surface area contributed by atoms with Gasteiger partial charge in [0.25, 0.3) is 0 Å². The number of fused-ring (bicyclic) bond motifs is 3. The van der Waals surface area contributed by atoms with E-state index in [2.05, 4.69) is 6.92 Å². The largest absolute Gasteiger partial charge is 0.431 e. The van der Waals surface area contributed by atoms with Gasteiger partial charge in [-0.05, 0) is 74.3 Å². The van der Waals surface area contributed by atoms with Crippen molar-refractivity contribution in [3.63, 3.8) is 0 Å². The first-order chi connectivity index (χ1) is 14.4. The van der Waals surface area contributed by atoms with Gasteiger partial charge in [0.2, 0.25) is 0 Å². The zero-order valence-electron chi connectivity index (χ0n) is 17.3. The number of aliphatic hydroxyl groups is 2. The van der Waals surface area contributed by atoms with Gasteiger partial charge in [-0.1, -0.05) is 6.92 Å². The summed E-state index contributed by atoms with van der Waals surface area (Å²) in [6.45, 7) is 2.22. The molecule has 6 rings (SSSR count). The number of carbonyl (C=O) groups excluding carboxylic acids is 1. The number of ether oxygens (including phenoxy) is 1. The van der Waals surface area contributed by atoms with Crippen LogP contribution >= 0.6 is 0 Å². The molecule has 30 heavy (non-hydrogen) atoms. The molecule has 0 bridgehead atoms. The molecule has 4 saturated carbocycles. The molecule has 1 aliphatic heterocycles. The molecule has 1 unspecified atom stereocenters. The van der Waals surface area contributed by atoms with Gasteiger partial charge in [0.15, 0.2) is 0 Å². The van der Waals surface area contributed by atoms with E-state index < -0.39 is 11.7 Å². The van der Waals surface area contributed by atoms with Gasteiger partial charge < -0.3 is 24.2 Å². The molecule has 1 saturated heterocycles. The maximum absolute atomic E-state index is 12.5. The Labute approximate surface area is 175 Å². The van der Waals surface area contributed by atoms with Crippen molar-refractivity contribution in [3.05, 3.63) is 34.4 Å². The minimum absolute atomic E-state index is 0.139. The van der Waals surface area contributed by atoms with E-state index in [1.165, 1.54) is 18.6 Å². The van der Waals surface area contributed by atoms with Crippen LogP contribution in [0.4, 0.5) is 0 Å². The SMILES string of the molecule is C[C@]12CC[C@H]3[C@@H](CC[C@@H]4C[C@@H](O)CC[C@@]43C=O)[C@]13OC3[C@H](O)[C@@H]2c1ccc(=O)oc1. The van der Waals surface area contributed by atoms with Crippen LogP contribution in [0.3, 0.4) is 0 Å². The Kier molecular flexibility index (Phi) is 3.87. The monoisotopic (exact) mass is 414 g/mol. The molecule has 0 radical (unpaired) electrons. The second-order valence-corrected chi connectivity index (χ2v) is 10.8. The number of aldehydes is 1. The third-order valence-electron chi connectivity index (χ3n) is 9.97. The van der Waals surface area contributed by atoms with Crippen molar-refractivity contribution in [2.75, 3.05) is 0 Å². The van der Waals surface area contributed by atoms with Crippen LogP contribution in [0.15, 0.2) is 27.6 Å². The molecular weight excluding hydrogens is 384 g/mol. The van der Waals surface area contributed by atoms with Gasteiger partial charge in [0.05, 0.1) is 18.5 Å². The number of epoxide rings is 1. The molecule has 2 heterocycles. The number of carbonyl (C=O) groups is 1. The minimum Gasteiger partial charge on any atom is -0.431 e. The van der Waals surface area contributed by atoms with Crippen LogP contribution in [-0.4, -0.2) is 40.4 Å². The maximum Gasteiger partial charge on any atom is 0.335 e. The molecule has 1 spiro atoms. The van der Waals surface area contributed by atoms with Gasteiger partial charge in [0.1, 0.15) is 18.0 Å². The van der Waals surface area contributed by atoms with Crippen molar-refractivity contribution >= 4 is 6.29 Å². The summed E-state index contributed by atoms with van der Waals surface area (Å²) in [7, 11) is 0. The first-order valence-electron chi connectivity index (χ1n) is 11.5. The van der Waals surface area contributed by atoms with Crippen LogP contribution in [-0.2, 0) is 9.53 Å². The number of hydrogen-bond donors (Lipinski definition) is 2. The van der Waals surface area contributed by atoms with Crippen molar-refractivity contribution in [2.45, 2.75) is 81.7 Å². The van der Waals surface area contributed by atoms with Gasteiger partial charge in [-0.2, -0.15) is 0 Å². The zero-order chi connectivity index (χ0) is 20.9. The predicted molar refractivity (Wildman–Crippen MR) is 107 cm³/mol. The third kappa shape index (κ3) is 2.10. The highest BCUT2D eigenvalue weighted by molar-refractivity contribution is 5.62. The smallest absolute Gasteiger partial charge is 0.335 e. The Balaban J connectivity index is 1.40. The van der Waals surface area contributed by atoms with Crippen molar-refractivity contribution < 1.29 is 24.2 Å². The average Bonchev–Trinajstić information content (AvgIpc) is 3.45. The quantitative estimate of drug-likeness (QED) is 0.569. The number of rotatable bonds is 2. The van der Waals surface area contributed by atoms with E-state index in [0.29, 0.717) is 6.42 Å². The summed E-state index contributed by atoms with van der Waals surface area (Å²) < 4.78 is 11.5. The fourth-order valence-corrected chi connectivity index (χ4v) is 8.74. The van der Waals surface area contributed by atoms with Gasteiger partial charge in [0, 0.05) is 22.8 Å². The first kappa shape index (κ1) is 19.2. The van der Waals surface area contributed by atoms with Crippen LogP contribution in [0, 0.1) is 28.6 Å². The Hall–Kier alpha value is -1.50. The molecule has 1 aromatic heterocycles. The van der Waals surface area contributed by atoms with Crippen LogP contribution < -0.4 is 5.63 Å². The molecule has 6 heteroatoms. The summed E-state index contributed by atoms with van der Waals surface area (Å²) in [6.07, 6.45) is 7.47. The third-order valence-corrected chi connectivity index (χ3v) is 9.97. The molecule has 5 aliphatic rings. The van der Waals surface area contributed by atoms with Crippen LogP contribution in [0.5, 0.6) is 0 Å². The molecule has 0 aromatic carbocycles. The van der Waals surface area contributed by atoms with Crippen LogP contribution in [0.2, 0.25) is 0 Å². The fraction of sp³-hybridized carbons (Fsp3) is 0.750. The van der Waals surface area contributed by atoms with Gasteiger partial charge >= 0.3 is 5.63 Å². The molecule has 5 fully saturated rings. The molecule has 1 aromatic rings. The summed E-state index contributed by atoms with van der Waals surface area (Å²) in [6, 6.07) is 3.20. The lowest BCUT2D eigenvalue weighted by Gasteiger charge is -2.60. The topological polar surface area (TPSA) is 100 Å². The Morgan fingerprint density at radius 2 is 1.93 bits per heavy atom. The molecule has 162 valence electrons. The fourth-order valence-electron chi connectivity index (χ4n) is 8.74. The number of aliphatic hydroxyl groups excluding tert-OH is 2. The van der Waals surface area contributed by atoms with E-state index in [1.807, 2.05) is 0 Å². The highest BCUT2D eigenvalue weighted by atomic mass is 16.6. The van der Waals surface area contributed by atoms with Gasteiger partial charge in [-0.25, -0.2) is 4.79 Å². The molecule has 10 atom stereocenters. The first-order valence-corrected chi connectivity index (χ1v) is 11.5. The molecular formula is C24H30O6. The standard InChI is InChI=1S/C24H30O6/c1-22-8-7-16-17(4-3-14-10-15(26)6-9-23(14,16)12-25)24(22)21(30-24)20(28)19(22)13-2-5-18(27)29-11-13/h2,5,11-12,14-17,19-21,26,28H,3-4,6-10H2,1H3/t14-,15+,16+,17-,19+,20-,21?,22-,23-,24-/m1/s1. The van der Waals surface area contributed by atoms with E-state index in [1.54, 1.807) is 6.07 Å². The van der Waals surface area contributed by atoms with E-state index >= 15 is 0 Å². The van der Waals surface area contributed by atoms with E-state index in [9.17, 15) is 19.8 Å². The average molecular weight is 414 g/mol. The van der Waals surface area contributed by atoms with Crippen molar-refractivity contribution in [1.29, 1.82) is 0 Å². The minimum atomic E-state index is -0.639. The lowest BCUT2D eigenvalue weighted by Crippen LogP contribution is -2.59. The highest BCUT2D eigenvalue weighted by Gasteiger charge is 2.84. The highest BCUT2D eigenvalue weighted by Crippen LogP contribution is 2.77. The summed E-state index contributed by atoms with van der Waals surface area (Å²) in [4.78, 5) is 24.0. The second-order valence-electron chi connectivity index (χ2n) is 10.8. The van der Waals surface area contributed by atoms with Crippen molar-refractivity contribution in [1.82, 2.24) is 0 Å². The second kappa shape index (κ2) is 6.05. The van der Waals surface area contributed by atoms with Gasteiger partial charge in [-0.15, -0.1) is 0 Å². The normalized spacial score (nSPS) is 53.8. The summed E-state index contributed by atoms with van der Waals surface area (Å²) >= 11 is 0. The lowest BCUT2D eigenvalue weighted by atomic mass is 9.44. The maximum atomic E-state index is 12.5. The molecule has 4 aliphatic carbocycles.